The van der Waals surface area contributed by atoms with Gasteiger partial charge in [0.2, 0.25) is 0 Å². The molecule has 0 aliphatic heterocycles. The summed E-state index contributed by atoms with van der Waals surface area (Å²) in [6, 6.07) is 2.16. The van der Waals surface area contributed by atoms with Crippen LogP contribution in [0, 0.1) is 5.82 Å². The van der Waals surface area contributed by atoms with Crippen molar-refractivity contribution in [2.45, 2.75) is 49.7 Å². The van der Waals surface area contributed by atoms with Crippen LogP contribution in [0.5, 0.6) is 0 Å². The predicted octanol–water partition coefficient (Wildman–Crippen LogP) is 5.53. The van der Waals surface area contributed by atoms with Crippen LogP contribution < -0.4 is 0 Å². The molecule has 6 nitrogen and oxygen atoms in total. The normalized spacial score (nSPS) is 11.5. The Labute approximate surface area is 154 Å². The van der Waals surface area contributed by atoms with Gasteiger partial charge in [0.1, 0.15) is 11.1 Å². The van der Waals surface area contributed by atoms with Gasteiger partial charge in [-0.15, -0.1) is 11.8 Å². The number of nitrogens with zero attached hydrogens (tertiary/aromatic N) is 3. The van der Waals surface area contributed by atoms with E-state index in [9.17, 15) is 14.0 Å². The molecule has 1 rings (SSSR count). The second-order valence-corrected chi connectivity index (χ2v) is 6.83. The van der Waals surface area contributed by atoms with E-state index in [2.05, 4.69) is 10.0 Å². The monoisotopic (exact) mass is 387 g/mol. The number of rotatable bonds is 9. The Morgan fingerprint density at radius 1 is 1.40 bits per heavy atom. The average molecular weight is 388 g/mol. The van der Waals surface area contributed by atoms with E-state index in [1.807, 2.05) is 13.8 Å². The molecule has 136 valence electrons. The number of hydrogen-bond donors (Lipinski definition) is 0. The van der Waals surface area contributed by atoms with Crippen molar-refractivity contribution in [3.05, 3.63) is 39.0 Å². The lowest BCUT2D eigenvalue weighted by atomic mass is 10.2. The van der Waals surface area contributed by atoms with Gasteiger partial charge in [0, 0.05) is 9.81 Å². The highest BCUT2D eigenvalue weighted by Crippen LogP contribution is 2.35. The molecule has 0 heterocycles. The molecular formula is C16H19ClFN3O3S. The Morgan fingerprint density at radius 3 is 2.72 bits per heavy atom. The van der Waals surface area contributed by atoms with Gasteiger partial charge in [-0.3, -0.25) is 9.59 Å². The lowest BCUT2D eigenvalue weighted by Gasteiger charge is -2.16. The van der Waals surface area contributed by atoms with Crippen LogP contribution >= 0.6 is 23.4 Å². The number of hydrogen-bond acceptors (Lipinski definition) is 4. The second-order valence-electron chi connectivity index (χ2n) is 5.17. The third-order valence-corrected chi connectivity index (χ3v) is 4.94. The van der Waals surface area contributed by atoms with E-state index < -0.39 is 17.0 Å². The summed E-state index contributed by atoms with van der Waals surface area (Å²) in [6.45, 7) is 4.26. The molecular weight excluding hydrogens is 369 g/mol. The van der Waals surface area contributed by atoms with Gasteiger partial charge < -0.3 is 4.74 Å². The fraction of sp³-hybridized carbons (Fsp3) is 0.500. The molecule has 1 unspecified atom stereocenters. The Balaban J connectivity index is 3.03. The molecule has 0 aromatic heterocycles. The number of halogens is 2. The molecule has 9 heteroatoms. The maximum absolute atomic E-state index is 13.9. The molecule has 0 N–H and O–H groups in total. The molecule has 1 atom stereocenters. The third kappa shape index (κ3) is 6.57. The maximum atomic E-state index is 13.9. The zero-order valence-electron chi connectivity index (χ0n) is 14.0. The van der Waals surface area contributed by atoms with Crippen molar-refractivity contribution in [2.75, 3.05) is 6.61 Å². The van der Waals surface area contributed by atoms with Gasteiger partial charge in [-0.25, -0.2) is 4.39 Å². The van der Waals surface area contributed by atoms with Gasteiger partial charge in [-0.1, -0.05) is 38.3 Å². The van der Waals surface area contributed by atoms with E-state index in [-0.39, 0.29) is 16.6 Å². The Bertz CT molecular complexity index is 681. The highest BCUT2D eigenvalue weighted by Gasteiger charge is 2.23. The van der Waals surface area contributed by atoms with Crippen molar-refractivity contribution < 1.29 is 18.7 Å². The van der Waals surface area contributed by atoms with Gasteiger partial charge in [-0.2, -0.15) is 0 Å². The number of esters is 1. The topological polar surface area (TPSA) is 92.1 Å². The zero-order valence-corrected chi connectivity index (χ0v) is 15.6. The lowest BCUT2D eigenvalue weighted by molar-refractivity contribution is -0.143. The number of unbranched alkanes of at least 4 members (excludes halogenated alkanes) is 1. The van der Waals surface area contributed by atoms with Crippen molar-refractivity contribution in [1.82, 2.24) is 0 Å². The highest BCUT2D eigenvalue weighted by molar-refractivity contribution is 8.00. The molecule has 0 fully saturated rings. The van der Waals surface area contributed by atoms with Crippen LogP contribution in [-0.2, 0) is 9.53 Å². The number of thioether (sulfide) groups is 1. The summed E-state index contributed by atoms with van der Waals surface area (Å²) in [5.74, 6) is -2.30. The van der Waals surface area contributed by atoms with E-state index in [1.54, 1.807) is 0 Å². The summed E-state index contributed by atoms with van der Waals surface area (Å²) in [4.78, 5) is 26.6. The van der Waals surface area contributed by atoms with Gasteiger partial charge >= 0.3 is 5.97 Å². The summed E-state index contributed by atoms with van der Waals surface area (Å²) < 4.78 is 19.1. The Hall–Kier alpha value is -1.76. The Morgan fingerprint density at radius 2 is 2.12 bits per heavy atom. The largest absolute Gasteiger partial charge is 0.465 e. The molecule has 1 aromatic carbocycles. The summed E-state index contributed by atoms with van der Waals surface area (Å²) in [6.07, 6.45) is 2.97. The number of carbonyl (C=O) groups excluding carboxylic acids is 2. The molecule has 0 saturated carbocycles. The highest BCUT2D eigenvalue weighted by atomic mass is 35.5. The van der Waals surface area contributed by atoms with Gasteiger partial charge in [0.25, 0.3) is 5.91 Å². The minimum absolute atomic E-state index is 0.0717. The fourth-order valence-electron chi connectivity index (χ4n) is 1.93. The smallest absolute Gasteiger partial charge is 0.319 e. The van der Waals surface area contributed by atoms with E-state index in [0.29, 0.717) is 17.9 Å². The first kappa shape index (κ1) is 21.3. The van der Waals surface area contributed by atoms with Crippen molar-refractivity contribution in [2.24, 2.45) is 5.11 Å². The number of amides is 1. The molecule has 0 bridgehead atoms. The SMILES string of the molecule is CCCCOC(=O)C(CCC)Sc1cc(C(=O)N=[N+]=[N-])c(F)cc1Cl. The minimum atomic E-state index is -1.05. The maximum Gasteiger partial charge on any atom is 0.319 e. The number of carbonyl (C=O) groups is 2. The summed E-state index contributed by atoms with van der Waals surface area (Å²) in [5.41, 5.74) is 7.94. The Kier molecular flexibility index (Phi) is 9.34. The minimum Gasteiger partial charge on any atom is -0.465 e. The zero-order chi connectivity index (χ0) is 18.8. The number of ether oxygens (including phenoxy) is 1. The van der Waals surface area contributed by atoms with Gasteiger partial charge in [-0.05, 0) is 35.6 Å². The first-order valence-corrected chi connectivity index (χ1v) is 9.12. The molecule has 0 saturated heterocycles. The molecule has 1 aromatic rings. The van der Waals surface area contributed by atoms with Crippen molar-refractivity contribution in [3.63, 3.8) is 0 Å². The number of benzene rings is 1. The first-order valence-electron chi connectivity index (χ1n) is 7.86. The van der Waals surface area contributed by atoms with Crippen LogP contribution in [0.2, 0.25) is 5.02 Å². The molecule has 0 aliphatic carbocycles. The fourth-order valence-corrected chi connectivity index (χ4v) is 3.39. The van der Waals surface area contributed by atoms with Crippen LogP contribution in [0.15, 0.2) is 22.1 Å². The van der Waals surface area contributed by atoms with Crippen molar-refractivity contribution >= 4 is 35.2 Å². The van der Waals surface area contributed by atoms with E-state index >= 15 is 0 Å². The average Bonchev–Trinajstić information content (AvgIpc) is 2.56. The third-order valence-electron chi connectivity index (χ3n) is 3.21. The summed E-state index contributed by atoms with van der Waals surface area (Å²) in [5, 5.41) is 2.44. The van der Waals surface area contributed by atoms with Gasteiger partial charge in [0.05, 0.1) is 17.2 Å². The van der Waals surface area contributed by atoms with Crippen LogP contribution in [0.4, 0.5) is 4.39 Å². The van der Waals surface area contributed by atoms with Crippen LogP contribution in [0.1, 0.15) is 49.9 Å². The van der Waals surface area contributed by atoms with E-state index in [4.69, 9.17) is 21.9 Å². The second kappa shape index (κ2) is 11.0. The van der Waals surface area contributed by atoms with Crippen molar-refractivity contribution in [1.29, 1.82) is 0 Å². The van der Waals surface area contributed by atoms with E-state index in [1.165, 1.54) is 6.07 Å². The summed E-state index contributed by atoms with van der Waals surface area (Å²) in [7, 11) is 0. The first-order chi connectivity index (χ1) is 11.9. The quantitative estimate of drug-likeness (QED) is 0.139. The molecule has 0 spiro atoms. The van der Waals surface area contributed by atoms with Crippen LogP contribution in [-0.4, -0.2) is 23.7 Å². The van der Waals surface area contributed by atoms with E-state index in [0.717, 1.165) is 37.1 Å². The summed E-state index contributed by atoms with van der Waals surface area (Å²) >= 11 is 7.14. The standard InChI is InChI=1S/C16H19ClFN3O3S/c1-3-5-7-24-16(23)13(6-4-2)25-14-8-10(15(22)20-21-19)12(18)9-11(14)17/h8-9,13H,3-7H2,1-2H3. The number of azide groups is 1. The van der Waals surface area contributed by atoms with Crippen LogP contribution in [0.25, 0.3) is 10.4 Å². The molecule has 25 heavy (non-hydrogen) atoms. The molecule has 0 radical (unpaired) electrons. The van der Waals surface area contributed by atoms with Crippen LogP contribution in [0.3, 0.4) is 0 Å². The van der Waals surface area contributed by atoms with Gasteiger partial charge in [0.15, 0.2) is 0 Å². The lowest BCUT2D eigenvalue weighted by Crippen LogP contribution is -2.20. The predicted molar refractivity (Wildman–Crippen MR) is 95.3 cm³/mol. The molecule has 0 aliphatic rings. The molecule has 1 amide bonds. The van der Waals surface area contributed by atoms with Crippen molar-refractivity contribution in [3.8, 4) is 0 Å².